The molecule has 14 heavy (non-hydrogen) atoms. The molecule has 2 N–H and O–H groups in total. The molecule has 1 fully saturated rings. The number of nitrogens with one attached hydrogen (secondary N) is 2. The molecule has 1 aliphatic rings. The van der Waals surface area contributed by atoms with Gasteiger partial charge in [0.15, 0.2) is 0 Å². The Morgan fingerprint density at radius 1 is 1.00 bits per heavy atom. The molecule has 1 aliphatic carbocycles. The number of hydrogen-bond donors (Lipinski definition) is 2. The normalized spacial score (nSPS) is 18.6. The standard InChI is InChI=1S/C12H26N2/c1-2-13-9-6-10-14-11-12-7-4-3-5-8-12/h12-14H,2-11H2,1H3. The van der Waals surface area contributed by atoms with Crippen LogP contribution in [0.25, 0.3) is 0 Å². The van der Waals surface area contributed by atoms with E-state index in [1.165, 1.54) is 51.6 Å². The zero-order valence-electron chi connectivity index (χ0n) is 9.65. The molecule has 1 rings (SSSR count). The predicted octanol–water partition coefficient (Wildman–Crippen LogP) is 2.16. The van der Waals surface area contributed by atoms with Gasteiger partial charge in [0.2, 0.25) is 0 Å². The first-order valence-electron chi connectivity index (χ1n) is 6.35. The maximum absolute atomic E-state index is 3.57. The minimum absolute atomic E-state index is 0.975. The van der Waals surface area contributed by atoms with Gasteiger partial charge in [-0.05, 0) is 51.4 Å². The van der Waals surface area contributed by atoms with Crippen molar-refractivity contribution in [1.82, 2.24) is 10.6 Å². The smallest absolute Gasteiger partial charge is 0.00205 e. The molecule has 0 aromatic heterocycles. The first-order valence-corrected chi connectivity index (χ1v) is 6.35. The Morgan fingerprint density at radius 3 is 2.43 bits per heavy atom. The summed E-state index contributed by atoms with van der Waals surface area (Å²) >= 11 is 0. The Kier molecular flexibility index (Phi) is 7.06. The molecule has 0 heterocycles. The van der Waals surface area contributed by atoms with E-state index in [-0.39, 0.29) is 0 Å². The van der Waals surface area contributed by atoms with Crippen LogP contribution in [0.1, 0.15) is 45.4 Å². The van der Waals surface area contributed by atoms with Gasteiger partial charge in [-0.15, -0.1) is 0 Å². The van der Waals surface area contributed by atoms with E-state index in [0.717, 1.165) is 19.0 Å². The van der Waals surface area contributed by atoms with Gasteiger partial charge in [0, 0.05) is 0 Å². The van der Waals surface area contributed by atoms with E-state index in [0.29, 0.717) is 0 Å². The molecule has 0 saturated heterocycles. The van der Waals surface area contributed by atoms with Crippen molar-refractivity contribution in [2.75, 3.05) is 26.2 Å². The molecule has 0 amide bonds. The van der Waals surface area contributed by atoms with Crippen molar-refractivity contribution in [3.05, 3.63) is 0 Å². The second-order valence-corrected chi connectivity index (χ2v) is 4.42. The van der Waals surface area contributed by atoms with E-state index >= 15 is 0 Å². The van der Waals surface area contributed by atoms with Gasteiger partial charge in [-0.1, -0.05) is 26.2 Å². The van der Waals surface area contributed by atoms with Crippen molar-refractivity contribution in [3.63, 3.8) is 0 Å². The minimum Gasteiger partial charge on any atom is -0.317 e. The maximum atomic E-state index is 3.57. The van der Waals surface area contributed by atoms with E-state index in [9.17, 15) is 0 Å². The van der Waals surface area contributed by atoms with Crippen molar-refractivity contribution < 1.29 is 0 Å². The Bertz CT molecular complexity index is 119. The van der Waals surface area contributed by atoms with E-state index in [1.807, 2.05) is 0 Å². The quantitative estimate of drug-likeness (QED) is 0.613. The zero-order valence-corrected chi connectivity index (χ0v) is 9.65. The molecule has 0 atom stereocenters. The topological polar surface area (TPSA) is 24.1 Å². The van der Waals surface area contributed by atoms with Crippen LogP contribution in [0.2, 0.25) is 0 Å². The fourth-order valence-corrected chi connectivity index (χ4v) is 2.21. The molecule has 0 unspecified atom stereocenters. The third-order valence-corrected chi connectivity index (χ3v) is 3.11. The molecule has 84 valence electrons. The van der Waals surface area contributed by atoms with E-state index in [4.69, 9.17) is 0 Å². The molecule has 1 saturated carbocycles. The van der Waals surface area contributed by atoms with Crippen LogP contribution in [-0.2, 0) is 0 Å². The van der Waals surface area contributed by atoms with Gasteiger partial charge >= 0.3 is 0 Å². The largest absolute Gasteiger partial charge is 0.317 e. The van der Waals surface area contributed by atoms with E-state index in [2.05, 4.69) is 17.6 Å². The van der Waals surface area contributed by atoms with Gasteiger partial charge in [-0.3, -0.25) is 0 Å². The summed E-state index contributed by atoms with van der Waals surface area (Å²) in [6, 6.07) is 0. The first kappa shape index (κ1) is 12.0. The van der Waals surface area contributed by atoms with Gasteiger partial charge in [0.05, 0.1) is 0 Å². The van der Waals surface area contributed by atoms with Gasteiger partial charge in [0.25, 0.3) is 0 Å². The summed E-state index contributed by atoms with van der Waals surface area (Å²) in [6.45, 7) is 6.86. The lowest BCUT2D eigenvalue weighted by atomic mass is 9.89. The Hall–Kier alpha value is -0.0800. The minimum atomic E-state index is 0.975. The maximum Gasteiger partial charge on any atom is -0.00205 e. The first-order chi connectivity index (χ1) is 6.93. The predicted molar refractivity (Wildman–Crippen MR) is 62.6 cm³/mol. The van der Waals surface area contributed by atoms with Crippen LogP contribution in [0.5, 0.6) is 0 Å². The van der Waals surface area contributed by atoms with Crippen LogP contribution in [-0.4, -0.2) is 26.2 Å². The summed E-state index contributed by atoms with van der Waals surface area (Å²) in [7, 11) is 0. The molecule has 2 nitrogen and oxygen atoms in total. The van der Waals surface area contributed by atoms with E-state index in [1.54, 1.807) is 0 Å². The highest BCUT2D eigenvalue weighted by atomic mass is 14.9. The molecule has 2 heteroatoms. The fraction of sp³-hybridized carbons (Fsp3) is 1.00. The summed E-state index contributed by atoms with van der Waals surface area (Å²) in [5.74, 6) is 0.975. The highest BCUT2D eigenvalue weighted by Crippen LogP contribution is 2.22. The highest BCUT2D eigenvalue weighted by Gasteiger charge is 2.11. The van der Waals surface area contributed by atoms with Gasteiger partial charge in [-0.2, -0.15) is 0 Å². The summed E-state index contributed by atoms with van der Waals surface area (Å²) in [5.41, 5.74) is 0. The molecule has 0 aromatic rings. The Labute approximate surface area is 88.8 Å². The molecular formula is C12H26N2. The Balaban J connectivity index is 1.82. The van der Waals surface area contributed by atoms with Crippen LogP contribution in [0.15, 0.2) is 0 Å². The van der Waals surface area contributed by atoms with Crippen molar-refractivity contribution in [1.29, 1.82) is 0 Å². The van der Waals surface area contributed by atoms with Crippen LogP contribution in [0, 0.1) is 5.92 Å². The summed E-state index contributed by atoms with van der Waals surface area (Å²) in [5, 5.41) is 6.92. The fourth-order valence-electron chi connectivity index (χ4n) is 2.21. The lowest BCUT2D eigenvalue weighted by molar-refractivity contribution is 0.342. The molecule has 0 spiro atoms. The second kappa shape index (κ2) is 8.25. The molecule has 0 radical (unpaired) electrons. The SMILES string of the molecule is CCNCCCNCC1CCCCC1. The van der Waals surface area contributed by atoms with Crippen LogP contribution < -0.4 is 10.6 Å². The second-order valence-electron chi connectivity index (χ2n) is 4.42. The van der Waals surface area contributed by atoms with Gasteiger partial charge < -0.3 is 10.6 Å². The molecule has 0 bridgehead atoms. The lowest BCUT2D eigenvalue weighted by Crippen LogP contribution is -2.27. The number of rotatable bonds is 7. The van der Waals surface area contributed by atoms with Gasteiger partial charge in [0.1, 0.15) is 0 Å². The Morgan fingerprint density at radius 2 is 1.71 bits per heavy atom. The number of hydrogen-bond acceptors (Lipinski definition) is 2. The zero-order chi connectivity index (χ0) is 10.1. The summed E-state index contributed by atoms with van der Waals surface area (Å²) < 4.78 is 0. The lowest BCUT2D eigenvalue weighted by Gasteiger charge is -2.21. The van der Waals surface area contributed by atoms with Crippen LogP contribution >= 0.6 is 0 Å². The van der Waals surface area contributed by atoms with Crippen molar-refractivity contribution in [2.24, 2.45) is 5.92 Å². The third kappa shape index (κ3) is 5.61. The van der Waals surface area contributed by atoms with Gasteiger partial charge in [-0.25, -0.2) is 0 Å². The summed E-state index contributed by atoms with van der Waals surface area (Å²) in [4.78, 5) is 0. The average molecular weight is 198 g/mol. The average Bonchev–Trinajstić information content (AvgIpc) is 2.25. The van der Waals surface area contributed by atoms with Crippen LogP contribution in [0.3, 0.4) is 0 Å². The molecule has 0 aromatic carbocycles. The van der Waals surface area contributed by atoms with Crippen molar-refractivity contribution >= 4 is 0 Å². The van der Waals surface area contributed by atoms with Crippen molar-refractivity contribution in [3.8, 4) is 0 Å². The summed E-state index contributed by atoms with van der Waals surface area (Å²) in [6.07, 6.45) is 8.57. The van der Waals surface area contributed by atoms with Crippen LogP contribution in [0.4, 0.5) is 0 Å². The van der Waals surface area contributed by atoms with Crippen molar-refractivity contribution in [2.45, 2.75) is 45.4 Å². The monoisotopic (exact) mass is 198 g/mol. The van der Waals surface area contributed by atoms with E-state index < -0.39 is 0 Å². The highest BCUT2D eigenvalue weighted by molar-refractivity contribution is 4.67. The molecule has 0 aliphatic heterocycles. The third-order valence-electron chi connectivity index (χ3n) is 3.11. The molecular weight excluding hydrogens is 172 g/mol.